The van der Waals surface area contributed by atoms with Crippen molar-refractivity contribution in [2.75, 3.05) is 0 Å². The number of rotatable bonds is 6. The summed E-state index contributed by atoms with van der Waals surface area (Å²) in [5.41, 5.74) is -1.02. The Morgan fingerprint density at radius 3 is 2.21 bits per heavy atom. The first-order valence-electron chi connectivity index (χ1n) is 11.1. The van der Waals surface area contributed by atoms with Gasteiger partial charge in [-0.25, -0.2) is 0 Å². The van der Waals surface area contributed by atoms with Gasteiger partial charge in [-0.1, -0.05) is 44.2 Å². The molecule has 34 heavy (non-hydrogen) atoms. The van der Waals surface area contributed by atoms with Crippen molar-refractivity contribution in [2.24, 2.45) is 5.92 Å². The number of hydrogen-bond donors (Lipinski definition) is 2. The predicted octanol–water partition coefficient (Wildman–Crippen LogP) is 7.33. The fourth-order valence-electron chi connectivity index (χ4n) is 4.63. The van der Waals surface area contributed by atoms with Crippen LogP contribution in [0.3, 0.4) is 0 Å². The molecule has 0 aliphatic carbocycles. The van der Waals surface area contributed by atoms with E-state index < -0.39 is 47.5 Å². The summed E-state index contributed by atoms with van der Waals surface area (Å²) in [6, 6.07) is 7.78. The van der Waals surface area contributed by atoms with Crippen molar-refractivity contribution >= 4 is 5.97 Å². The van der Waals surface area contributed by atoms with Gasteiger partial charge in [0.2, 0.25) is 0 Å². The topological polar surface area (TPSA) is 49.3 Å². The van der Waals surface area contributed by atoms with Gasteiger partial charge in [0, 0.05) is 6.04 Å². The van der Waals surface area contributed by atoms with Gasteiger partial charge in [0.15, 0.2) is 0 Å². The molecule has 3 rings (SSSR count). The maximum absolute atomic E-state index is 14.4. The van der Waals surface area contributed by atoms with Crippen LogP contribution in [0.15, 0.2) is 42.5 Å². The van der Waals surface area contributed by atoms with Crippen LogP contribution in [0.1, 0.15) is 68.2 Å². The molecule has 1 saturated heterocycles. The summed E-state index contributed by atoms with van der Waals surface area (Å²) in [5, 5.41) is 12.2. The number of carbonyl (C=O) groups is 1. The van der Waals surface area contributed by atoms with Crippen LogP contribution in [0.2, 0.25) is 0 Å². The molecule has 2 aromatic carbocycles. The van der Waals surface area contributed by atoms with Crippen LogP contribution in [0.25, 0.3) is 11.1 Å². The van der Waals surface area contributed by atoms with Crippen LogP contribution in [-0.4, -0.2) is 23.3 Å². The lowest BCUT2D eigenvalue weighted by molar-refractivity contribution is -0.163. The molecule has 0 bridgehead atoms. The number of halogens is 6. The Morgan fingerprint density at radius 1 is 1.03 bits per heavy atom. The Balaban J connectivity index is 2.28. The summed E-state index contributed by atoms with van der Waals surface area (Å²) in [7, 11) is 0. The molecule has 3 nitrogen and oxygen atoms in total. The van der Waals surface area contributed by atoms with Crippen molar-refractivity contribution in [3.63, 3.8) is 0 Å². The molecule has 1 aliphatic heterocycles. The molecule has 0 spiro atoms. The third-order valence-electron chi connectivity index (χ3n) is 6.13. The zero-order valence-electron chi connectivity index (χ0n) is 18.8. The molecular formula is C25H27F6NO2. The highest BCUT2D eigenvalue weighted by Gasteiger charge is 2.46. The van der Waals surface area contributed by atoms with E-state index in [0.29, 0.717) is 11.1 Å². The van der Waals surface area contributed by atoms with E-state index in [2.05, 4.69) is 5.32 Å². The molecule has 0 radical (unpaired) electrons. The Morgan fingerprint density at radius 2 is 1.68 bits per heavy atom. The first kappa shape index (κ1) is 26.1. The van der Waals surface area contributed by atoms with Crippen molar-refractivity contribution in [3.8, 4) is 11.1 Å². The maximum atomic E-state index is 14.4. The van der Waals surface area contributed by atoms with Gasteiger partial charge in [-0.05, 0) is 66.0 Å². The van der Waals surface area contributed by atoms with E-state index in [1.165, 1.54) is 12.1 Å². The summed E-state index contributed by atoms with van der Waals surface area (Å²) in [4.78, 5) is 12.1. The molecule has 2 N–H and O–H groups in total. The monoisotopic (exact) mass is 487 g/mol. The minimum atomic E-state index is -4.95. The minimum Gasteiger partial charge on any atom is -0.481 e. The molecule has 3 atom stereocenters. The second-order valence-electron chi connectivity index (χ2n) is 9.16. The van der Waals surface area contributed by atoms with Crippen LogP contribution in [0, 0.1) is 5.92 Å². The summed E-state index contributed by atoms with van der Waals surface area (Å²) >= 11 is 0. The van der Waals surface area contributed by atoms with Crippen molar-refractivity contribution in [3.05, 3.63) is 59.2 Å². The lowest BCUT2D eigenvalue weighted by Gasteiger charge is -2.35. The van der Waals surface area contributed by atoms with Crippen LogP contribution in [0.4, 0.5) is 26.3 Å². The molecule has 186 valence electrons. The van der Waals surface area contributed by atoms with E-state index in [9.17, 15) is 36.2 Å². The Labute approximate surface area is 194 Å². The van der Waals surface area contributed by atoms with Gasteiger partial charge in [-0.3, -0.25) is 10.1 Å². The van der Waals surface area contributed by atoms with Gasteiger partial charge in [0.1, 0.15) is 6.04 Å². The van der Waals surface area contributed by atoms with Crippen molar-refractivity contribution in [2.45, 2.75) is 69.9 Å². The average Bonchev–Trinajstić information content (AvgIpc) is 2.75. The third-order valence-corrected chi connectivity index (χ3v) is 6.13. The number of piperidine rings is 1. The second kappa shape index (κ2) is 9.98. The van der Waals surface area contributed by atoms with Gasteiger partial charge in [-0.2, -0.15) is 26.3 Å². The number of carboxylic acids is 1. The maximum Gasteiger partial charge on any atom is 0.417 e. The summed E-state index contributed by atoms with van der Waals surface area (Å²) < 4.78 is 83.6. The fraction of sp³-hybridized carbons (Fsp3) is 0.480. The van der Waals surface area contributed by atoms with E-state index in [1.54, 1.807) is 44.2 Å². The first-order chi connectivity index (χ1) is 15.8. The number of benzene rings is 2. The smallest absolute Gasteiger partial charge is 0.417 e. The molecular weight excluding hydrogens is 460 g/mol. The standard InChI is InChI=1S/C25H27F6NO2/c1-14(2)11-18(23(33)34)17-12-16(15-7-4-3-5-8-15)13-19(22(17)25(29,30)31)20-9-6-10-21(32-20)24(26,27)28/h3-5,7-8,12-14,18,20-21,32H,6,9-11H2,1-2H3,(H,33,34)/t18-,20?,21?/m1/s1. The average molecular weight is 487 g/mol. The summed E-state index contributed by atoms with van der Waals surface area (Å²) in [6.07, 6.45) is -9.64. The lowest BCUT2D eigenvalue weighted by Crippen LogP contribution is -2.47. The van der Waals surface area contributed by atoms with Gasteiger partial charge < -0.3 is 5.11 Å². The van der Waals surface area contributed by atoms with Crippen LogP contribution in [-0.2, 0) is 11.0 Å². The molecule has 2 unspecified atom stereocenters. The van der Waals surface area contributed by atoms with Crippen LogP contribution >= 0.6 is 0 Å². The number of aliphatic carboxylic acids is 1. The molecule has 0 aromatic heterocycles. The van der Waals surface area contributed by atoms with E-state index >= 15 is 0 Å². The highest BCUT2D eigenvalue weighted by atomic mass is 19.4. The zero-order chi connectivity index (χ0) is 25.3. The van der Waals surface area contributed by atoms with Crippen molar-refractivity contribution < 1.29 is 36.2 Å². The van der Waals surface area contributed by atoms with Gasteiger partial charge in [0.05, 0.1) is 11.5 Å². The minimum absolute atomic E-state index is 0.0423. The quantitative estimate of drug-likeness (QED) is 0.420. The number of hydrogen-bond acceptors (Lipinski definition) is 2. The first-order valence-corrected chi connectivity index (χ1v) is 11.1. The molecule has 1 fully saturated rings. The molecule has 2 aromatic rings. The van der Waals surface area contributed by atoms with Crippen molar-refractivity contribution in [1.29, 1.82) is 0 Å². The Bertz CT molecular complexity index is 1000. The van der Waals surface area contributed by atoms with E-state index in [4.69, 9.17) is 0 Å². The van der Waals surface area contributed by atoms with Crippen LogP contribution < -0.4 is 5.32 Å². The molecule has 9 heteroatoms. The van der Waals surface area contributed by atoms with Gasteiger partial charge in [0.25, 0.3) is 0 Å². The SMILES string of the molecule is CC(C)C[C@@H](C(=O)O)c1cc(-c2ccccc2)cc(C2CCCC(C(F)(F)F)N2)c1C(F)(F)F. The predicted molar refractivity (Wildman–Crippen MR) is 116 cm³/mol. The normalized spacial score (nSPS) is 20.4. The van der Waals surface area contributed by atoms with Crippen molar-refractivity contribution in [1.82, 2.24) is 5.32 Å². The van der Waals surface area contributed by atoms with E-state index in [1.807, 2.05) is 0 Å². The highest BCUT2D eigenvalue weighted by Crippen LogP contribution is 2.46. The lowest BCUT2D eigenvalue weighted by atomic mass is 9.80. The highest BCUT2D eigenvalue weighted by molar-refractivity contribution is 5.79. The molecule has 1 aliphatic rings. The Kier molecular flexibility index (Phi) is 7.65. The summed E-state index contributed by atoms with van der Waals surface area (Å²) in [6.45, 7) is 3.42. The van der Waals surface area contributed by atoms with E-state index in [0.717, 1.165) is 0 Å². The largest absolute Gasteiger partial charge is 0.481 e. The summed E-state index contributed by atoms with van der Waals surface area (Å²) in [5.74, 6) is -3.07. The third kappa shape index (κ3) is 5.92. The molecule has 1 heterocycles. The number of nitrogens with one attached hydrogen (secondary N) is 1. The fourth-order valence-corrected chi connectivity index (χ4v) is 4.63. The van der Waals surface area contributed by atoms with Crippen LogP contribution in [0.5, 0.6) is 0 Å². The van der Waals surface area contributed by atoms with E-state index in [-0.39, 0.29) is 37.2 Å². The number of alkyl halides is 6. The molecule has 0 amide bonds. The zero-order valence-corrected chi connectivity index (χ0v) is 18.8. The van der Waals surface area contributed by atoms with Gasteiger partial charge in [-0.15, -0.1) is 0 Å². The molecule has 0 saturated carbocycles. The van der Waals surface area contributed by atoms with Gasteiger partial charge >= 0.3 is 18.3 Å². The second-order valence-corrected chi connectivity index (χ2v) is 9.16. The Hall–Kier alpha value is -2.55. The number of carboxylic acid groups (broad SMARTS) is 1.